The molecule has 0 aromatic rings. The van der Waals surface area contributed by atoms with Crippen molar-refractivity contribution in [3.8, 4) is 0 Å². The number of rotatable bonds is 5. The molecule has 0 spiro atoms. The number of ether oxygens (including phenoxy) is 2. The molecule has 0 unspecified atom stereocenters. The lowest BCUT2D eigenvalue weighted by Gasteiger charge is -2.07. The van der Waals surface area contributed by atoms with Crippen molar-refractivity contribution in [2.24, 2.45) is 0 Å². The maximum atomic E-state index is 10.7. The highest BCUT2D eigenvalue weighted by Crippen LogP contribution is 2.35. The fourth-order valence-electron chi connectivity index (χ4n) is 0.396. The van der Waals surface area contributed by atoms with Gasteiger partial charge in [0.1, 0.15) is 0 Å². The fraction of sp³-hybridized carbons (Fsp3) is 0.600. The molecule has 0 aliphatic heterocycles. The Hall–Kier alpha value is -1.15. The molecular weight excluding hydrogens is 233 g/mol. The van der Waals surface area contributed by atoms with E-state index in [4.69, 9.17) is 9.79 Å². The number of alkyl carbamates (subject to hydrolysis) is 1. The molecule has 0 aromatic carbocycles. The Morgan fingerprint density at radius 1 is 1.33 bits per heavy atom. The minimum absolute atomic E-state index is 0.399. The van der Waals surface area contributed by atoms with Gasteiger partial charge >= 0.3 is 19.9 Å². The van der Waals surface area contributed by atoms with E-state index in [2.05, 4.69) is 14.0 Å². The average molecular weight is 243 g/mol. The summed E-state index contributed by atoms with van der Waals surface area (Å²) < 4.78 is 22.4. The topological polar surface area (TPSA) is 131 Å². The quantitative estimate of drug-likeness (QED) is 0.328. The molecule has 0 bridgehead atoms. The highest BCUT2D eigenvalue weighted by molar-refractivity contribution is 7.46. The first-order valence-electron chi connectivity index (χ1n) is 3.55. The van der Waals surface area contributed by atoms with Crippen molar-refractivity contribution in [1.29, 1.82) is 0 Å². The maximum Gasteiger partial charge on any atom is 0.472 e. The number of hydrogen-bond donors (Lipinski definition) is 3. The molecular formula is C5H10NO8P. The molecule has 0 radical (unpaired) electrons. The SMILES string of the molecule is CC(=O)OCNC(=O)OCOP(=O)(O)O. The van der Waals surface area contributed by atoms with Crippen LogP contribution in [0.15, 0.2) is 0 Å². The van der Waals surface area contributed by atoms with E-state index in [9.17, 15) is 14.2 Å². The first-order valence-corrected chi connectivity index (χ1v) is 5.08. The standard InChI is InChI=1S/C5H10NO8P/c1-4(7)12-2-6-5(8)13-3-14-15(9,10)11/h2-3H2,1H3,(H,6,8)(H2,9,10,11). The van der Waals surface area contributed by atoms with Crippen LogP contribution in [-0.4, -0.2) is 35.4 Å². The van der Waals surface area contributed by atoms with Crippen molar-refractivity contribution >= 4 is 19.9 Å². The second kappa shape index (κ2) is 6.36. The summed E-state index contributed by atoms with van der Waals surface area (Å²) >= 11 is 0. The zero-order valence-corrected chi connectivity index (χ0v) is 8.60. The molecule has 0 aromatic heterocycles. The largest absolute Gasteiger partial charge is 0.472 e. The summed E-state index contributed by atoms with van der Waals surface area (Å²) in [4.78, 5) is 37.3. The lowest BCUT2D eigenvalue weighted by Crippen LogP contribution is -2.28. The summed E-state index contributed by atoms with van der Waals surface area (Å²) in [7, 11) is -4.65. The van der Waals surface area contributed by atoms with Crippen LogP contribution in [0.1, 0.15) is 6.92 Å². The van der Waals surface area contributed by atoms with Crippen LogP contribution in [0.2, 0.25) is 0 Å². The minimum Gasteiger partial charge on any atom is -0.444 e. The lowest BCUT2D eigenvalue weighted by molar-refractivity contribution is -0.141. The Morgan fingerprint density at radius 3 is 2.40 bits per heavy atom. The third-order valence-electron chi connectivity index (χ3n) is 0.903. The number of esters is 1. The van der Waals surface area contributed by atoms with E-state index < -0.39 is 33.4 Å². The van der Waals surface area contributed by atoms with Gasteiger partial charge in [0, 0.05) is 6.92 Å². The Labute approximate surface area is 84.6 Å². The third kappa shape index (κ3) is 10.8. The van der Waals surface area contributed by atoms with Gasteiger partial charge in [-0.25, -0.2) is 13.9 Å². The Bertz CT molecular complexity index is 272. The predicted octanol–water partition coefficient (Wildman–Crippen LogP) is -0.700. The number of phosphoric acid groups is 1. The van der Waals surface area contributed by atoms with Crippen molar-refractivity contribution < 1.29 is 37.9 Å². The molecule has 15 heavy (non-hydrogen) atoms. The second-order valence-electron chi connectivity index (χ2n) is 2.13. The Morgan fingerprint density at radius 2 is 1.93 bits per heavy atom. The molecule has 88 valence electrons. The van der Waals surface area contributed by atoms with Crippen LogP contribution in [0.5, 0.6) is 0 Å². The van der Waals surface area contributed by atoms with Gasteiger partial charge in [-0.05, 0) is 0 Å². The fourth-order valence-corrected chi connectivity index (χ4v) is 0.586. The van der Waals surface area contributed by atoms with Gasteiger partial charge in [0.2, 0.25) is 6.79 Å². The normalized spacial score (nSPS) is 10.6. The van der Waals surface area contributed by atoms with E-state index in [1.807, 2.05) is 5.32 Å². The van der Waals surface area contributed by atoms with Crippen molar-refractivity contribution in [2.45, 2.75) is 6.92 Å². The van der Waals surface area contributed by atoms with Gasteiger partial charge in [-0.15, -0.1) is 0 Å². The zero-order chi connectivity index (χ0) is 11.9. The number of carbonyl (C=O) groups excluding carboxylic acids is 2. The molecule has 1 amide bonds. The Balaban J connectivity index is 3.50. The van der Waals surface area contributed by atoms with Crippen LogP contribution in [0, 0.1) is 0 Å². The summed E-state index contributed by atoms with van der Waals surface area (Å²) in [6.07, 6.45) is -1.04. The zero-order valence-electron chi connectivity index (χ0n) is 7.71. The molecule has 3 N–H and O–H groups in total. The van der Waals surface area contributed by atoms with Crippen LogP contribution in [0.3, 0.4) is 0 Å². The first kappa shape index (κ1) is 13.8. The van der Waals surface area contributed by atoms with Crippen LogP contribution in [0.4, 0.5) is 4.79 Å². The summed E-state index contributed by atoms with van der Waals surface area (Å²) in [5.74, 6) is -0.596. The molecule has 0 atom stereocenters. The number of hydrogen-bond acceptors (Lipinski definition) is 6. The monoisotopic (exact) mass is 243 g/mol. The van der Waals surface area contributed by atoms with E-state index in [1.54, 1.807) is 0 Å². The van der Waals surface area contributed by atoms with E-state index >= 15 is 0 Å². The van der Waals surface area contributed by atoms with Crippen molar-refractivity contribution in [1.82, 2.24) is 5.32 Å². The van der Waals surface area contributed by atoms with Crippen LogP contribution in [0.25, 0.3) is 0 Å². The van der Waals surface area contributed by atoms with E-state index in [1.165, 1.54) is 0 Å². The van der Waals surface area contributed by atoms with Gasteiger partial charge < -0.3 is 19.3 Å². The van der Waals surface area contributed by atoms with Crippen molar-refractivity contribution in [3.63, 3.8) is 0 Å². The third-order valence-corrected chi connectivity index (χ3v) is 1.34. The van der Waals surface area contributed by atoms with Gasteiger partial charge in [-0.2, -0.15) is 0 Å². The number of nitrogens with one attached hydrogen (secondary N) is 1. The molecule has 0 aliphatic rings. The van der Waals surface area contributed by atoms with E-state index in [-0.39, 0.29) is 0 Å². The summed E-state index contributed by atoms with van der Waals surface area (Å²) in [5, 5.41) is 1.96. The van der Waals surface area contributed by atoms with E-state index in [0.29, 0.717) is 0 Å². The lowest BCUT2D eigenvalue weighted by atomic mass is 10.8. The molecule has 0 rings (SSSR count). The van der Waals surface area contributed by atoms with Gasteiger partial charge in [0.15, 0.2) is 6.73 Å². The van der Waals surface area contributed by atoms with Crippen LogP contribution >= 0.6 is 7.82 Å². The minimum atomic E-state index is -4.65. The number of phosphoric ester groups is 1. The van der Waals surface area contributed by atoms with Crippen LogP contribution < -0.4 is 5.32 Å². The van der Waals surface area contributed by atoms with Gasteiger partial charge in [0.05, 0.1) is 0 Å². The van der Waals surface area contributed by atoms with E-state index in [0.717, 1.165) is 6.92 Å². The molecule has 0 aliphatic carbocycles. The molecule has 0 fully saturated rings. The predicted molar refractivity (Wildman–Crippen MR) is 44.2 cm³/mol. The average Bonchev–Trinajstić information content (AvgIpc) is 2.00. The first-order chi connectivity index (χ1) is 6.81. The Kier molecular flexibility index (Phi) is 5.87. The molecule has 0 saturated heterocycles. The van der Waals surface area contributed by atoms with Crippen LogP contribution in [-0.2, 0) is 23.4 Å². The number of amides is 1. The number of carbonyl (C=O) groups is 2. The van der Waals surface area contributed by atoms with Gasteiger partial charge in [0.25, 0.3) is 0 Å². The van der Waals surface area contributed by atoms with Gasteiger partial charge in [-0.1, -0.05) is 0 Å². The molecule has 9 nitrogen and oxygen atoms in total. The highest BCUT2D eigenvalue weighted by atomic mass is 31.2. The molecule has 0 heterocycles. The molecule has 10 heteroatoms. The van der Waals surface area contributed by atoms with Gasteiger partial charge in [-0.3, -0.25) is 10.1 Å². The summed E-state index contributed by atoms with van der Waals surface area (Å²) in [6.45, 7) is -0.163. The maximum absolute atomic E-state index is 10.7. The van der Waals surface area contributed by atoms with Crippen molar-refractivity contribution in [2.75, 3.05) is 13.5 Å². The molecule has 0 saturated carbocycles. The summed E-state index contributed by atoms with van der Waals surface area (Å²) in [6, 6.07) is 0. The second-order valence-corrected chi connectivity index (χ2v) is 3.37. The van der Waals surface area contributed by atoms with Crippen molar-refractivity contribution in [3.05, 3.63) is 0 Å². The smallest absolute Gasteiger partial charge is 0.444 e. The highest BCUT2D eigenvalue weighted by Gasteiger charge is 2.14. The summed E-state index contributed by atoms with van der Waals surface area (Å²) in [5.41, 5.74) is 0.